The summed E-state index contributed by atoms with van der Waals surface area (Å²) < 4.78 is 1.47. The van der Waals surface area contributed by atoms with Gasteiger partial charge in [0.2, 0.25) is 0 Å². The maximum atomic E-state index is 12.7. The SMILES string of the molecule is Cc1ccnn(C2CCCN(C(N)=O)C2C[C@H](O)CN2CCc3ccccc3C2)c1=O. The molecule has 3 heterocycles. The van der Waals surface area contributed by atoms with Crippen LogP contribution in [-0.4, -0.2) is 62.5 Å². The second-order valence-electron chi connectivity index (χ2n) is 8.72. The lowest BCUT2D eigenvalue weighted by atomic mass is 9.91. The minimum atomic E-state index is -0.641. The molecule has 2 aliphatic heterocycles. The van der Waals surface area contributed by atoms with Crippen LogP contribution in [0.3, 0.4) is 0 Å². The fourth-order valence-electron chi connectivity index (χ4n) is 5.00. The third kappa shape index (κ3) is 4.65. The van der Waals surface area contributed by atoms with Crippen LogP contribution in [-0.2, 0) is 13.0 Å². The number of primary amides is 1. The Bertz CT molecular complexity index is 991. The van der Waals surface area contributed by atoms with Gasteiger partial charge in [-0.1, -0.05) is 24.3 Å². The van der Waals surface area contributed by atoms with Crippen molar-refractivity contribution in [3.05, 3.63) is 63.6 Å². The first-order valence-corrected chi connectivity index (χ1v) is 11.0. The van der Waals surface area contributed by atoms with Crippen LogP contribution >= 0.6 is 0 Å². The number of nitrogens with zero attached hydrogens (tertiary/aromatic N) is 4. The van der Waals surface area contributed by atoms with E-state index in [-0.39, 0.29) is 17.6 Å². The standard InChI is InChI=1S/C23H31N5O3/c1-16-8-10-25-28(22(16)30)20-7-4-11-27(23(24)31)21(20)13-19(29)15-26-12-9-17-5-2-3-6-18(17)14-26/h2-3,5-6,8,10,19-21,29H,4,7,9,11-15H2,1H3,(H2,24,31)/t19-,20?,21?/m0/s1. The zero-order chi connectivity index (χ0) is 22.0. The van der Waals surface area contributed by atoms with Crippen molar-refractivity contribution in [2.45, 2.75) is 57.3 Å². The van der Waals surface area contributed by atoms with Gasteiger partial charge in [0.1, 0.15) is 0 Å². The molecule has 0 spiro atoms. The molecule has 3 atom stereocenters. The number of likely N-dealkylation sites (tertiary alicyclic amines) is 1. The van der Waals surface area contributed by atoms with Crippen LogP contribution in [0, 0.1) is 6.92 Å². The van der Waals surface area contributed by atoms with Crippen molar-refractivity contribution in [3.8, 4) is 0 Å². The monoisotopic (exact) mass is 425 g/mol. The summed E-state index contributed by atoms with van der Waals surface area (Å²) in [6.45, 7) is 4.49. The number of carbonyl (C=O) groups is 1. The topological polar surface area (TPSA) is 105 Å². The second-order valence-corrected chi connectivity index (χ2v) is 8.72. The Labute approximate surface area is 182 Å². The van der Waals surface area contributed by atoms with Crippen LogP contribution in [0.1, 0.15) is 42.0 Å². The first kappa shape index (κ1) is 21.5. The molecule has 1 fully saturated rings. The van der Waals surface area contributed by atoms with E-state index >= 15 is 0 Å². The first-order chi connectivity index (χ1) is 14.9. The van der Waals surface area contributed by atoms with E-state index in [4.69, 9.17) is 5.73 Å². The van der Waals surface area contributed by atoms with Crippen LogP contribution in [0.25, 0.3) is 0 Å². The van der Waals surface area contributed by atoms with Crippen molar-refractivity contribution in [2.24, 2.45) is 5.73 Å². The summed E-state index contributed by atoms with van der Waals surface area (Å²) in [7, 11) is 0. The van der Waals surface area contributed by atoms with E-state index in [0.29, 0.717) is 31.5 Å². The average molecular weight is 426 g/mol. The molecule has 3 N–H and O–H groups in total. The van der Waals surface area contributed by atoms with Gasteiger partial charge in [0, 0.05) is 37.9 Å². The van der Waals surface area contributed by atoms with Crippen molar-refractivity contribution in [3.63, 3.8) is 0 Å². The highest BCUT2D eigenvalue weighted by atomic mass is 16.3. The molecule has 0 saturated carbocycles. The van der Waals surface area contributed by atoms with Gasteiger partial charge in [-0.25, -0.2) is 9.48 Å². The molecule has 31 heavy (non-hydrogen) atoms. The molecule has 0 bridgehead atoms. The van der Waals surface area contributed by atoms with Crippen LogP contribution in [0.15, 0.2) is 41.3 Å². The largest absolute Gasteiger partial charge is 0.392 e. The predicted octanol–water partition coefficient (Wildman–Crippen LogP) is 1.45. The van der Waals surface area contributed by atoms with E-state index in [2.05, 4.69) is 28.2 Å². The Hall–Kier alpha value is -2.71. The molecule has 2 aliphatic rings. The Morgan fingerprint density at radius 1 is 1.26 bits per heavy atom. The predicted molar refractivity (Wildman–Crippen MR) is 118 cm³/mol. The summed E-state index contributed by atoms with van der Waals surface area (Å²) >= 11 is 0. The number of benzene rings is 1. The molecular formula is C23H31N5O3. The normalized spacial score (nSPS) is 22.7. The number of aliphatic hydroxyl groups excluding tert-OH is 1. The molecule has 4 rings (SSSR count). The number of amides is 2. The molecule has 0 aliphatic carbocycles. The second kappa shape index (κ2) is 9.20. The summed E-state index contributed by atoms with van der Waals surface area (Å²) in [5.41, 5.74) is 8.78. The number of piperidine rings is 1. The minimum Gasteiger partial charge on any atom is -0.392 e. The highest BCUT2D eigenvalue weighted by Crippen LogP contribution is 2.30. The zero-order valence-corrected chi connectivity index (χ0v) is 18.0. The number of nitrogens with two attached hydrogens (primary N) is 1. The number of aryl methyl sites for hydroxylation is 1. The fourth-order valence-corrected chi connectivity index (χ4v) is 5.00. The van der Waals surface area contributed by atoms with Gasteiger partial charge in [0.15, 0.2) is 0 Å². The number of urea groups is 1. The molecule has 1 aromatic carbocycles. The van der Waals surface area contributed by atoms with Crippen molar-refractivity contribution < 1.29 is 9.90 Å². The highest BCUT2D eigenvalue weighted by Gasteiger charge is 2.37. The van der Waals surface area contributed by atoms with Crippen molar-refractivity contribution in [2.75, 3.05) is 19.6 Å². The molecule has 2 aromatic rings. The third-order valence-electron chi connectivity index (χ3n) is 6.59. The van der Waals surface area contributed by atoms with Gasteiger partial charge in [-0.3, -0.25) is 9.69 Å². The summed E-state index contributed by atoms with van der Waals surface area (Å²) in [5, 5.41) is 15.2. The maximum Gasteiger partial charge on any atom is 0.315 e. The van der Waals surface area contributed by atoms with Gasteiger partial charge in [0.25, 0.3) is 5.56 Å². The molecule has 0 radical (unpaired) electrons. The van der Waals surface area contributed by atoms with E-state index < -0.39 is 12.1 Å². The van der Waals surface area contributed by atoms with Gasteiger partial charge in [0.05, 0.1) is 18.2 Å². The van der Waals surface area contributed by atoms with Crippen molar-refractivity contribution in [1.82, 2.24) is 19.6 Å². The summed E-state index contributed by atoms with van der Waals surface area (Å²) in [6, 6.07) is 8.90. The average Bonchev–Trinajstić information content (AvgIpc) is 2.75. The Morgan fingerprint density at radius 3 is 2.81 bits per heavy atom. The number of fused-ring (bicyclic) bond motifs is 1. The number of hydrogen-bond donors (Lipinski definition) is 2. The summed E-state index contributed by atoms with van der Waals surface area (Å²) in [6.07, 6.45) is 3.75. The molecule has 2 amide bonds. The van der Waals surface area contributed by atoms with Crippen LogP contribution < -0.4 is 11.3 Å². The van der Waals surface area contributed by atoms with Gasteiger partial charge in [-0.05, 0) is 49.8 Å². The van der Waals surface area contributed by atoms with Crippen LogP contribution in [0.2, 0.25) is 0 Å². The van der Waals surface area contributed by atoms with Crippen LogP contribution in [0.4, 0.5) is 4.79 Å². The lowest BCUT2D eigenvalue weighted by Gasteiger charge is -2.42. The number of β-amino-alcohol motifs (C(OH)–C–C–N with tert-alkyl or cyclic N) is 1. The van der Waals surface area contributed by atoms with E-state index in [1.165, 1.54) is 15.8 Å². The minimum absolute atomic E-state index is 0.161. The lowest BCUT2D eigenvalue weighted by molar-refractivity contribution is 0.0427. The van der Waals surface area contributed by atoms with E-state index in [1.54, 1.807) is 24.1 Å². The number of carbonyl (C=O) groups excluding carboxylic acids is 1. The van der Waals surface area contributed by atoms with Crippen LogP contribution in [0.5, 0.6) is 0 Å². The molecule has 1 aromatic heterocycles. The number of hydrogen-bond acceptors (Lipinski definition) is 5. The molecule has 166 valence electrons. The quantitative estimate of drug-likeness (QED) is 0.754. The number of aliphatic hydroxyl groups is 1. The van der Waals surface area contributed by atoms with Crippen molar-refractivity contribution in [1.29, 1.82) is 0 Å². The zero-order valence-electron chi connectivity index (χ0n) is 18.0. The molecule has 8 heteroatoms. The fraction of sp³-hybridized carbons (Fsp3) is 0.522. The maximum absolute atomic E-state index is 12.7. The highest BCUT2D eigenvalue weighted by molar-refractivity contribution is 5.72. The third-order valence-corrected chi connectivity index (χ3v) is 6.59. The van der Waals surface area contributed by atoms with E-state index in [1.807, 2.05) is 6.07 Å². The Kier molecular flexibility index (Phi) is 6.38. The van der Waals surface area contributed by atoms with Crippen molar-refractivity contribution >= 4 is 6.03 Å². The smallest absolute Gasteiger partial charge is 0.315 e. The summed E-state index contributed by atoms with van der Waals surface area (Å²) in [5.74, 6) is 0. The summed E-state index contributed by atoms with van der Waals surface area (Å²) in [4.78, 5) is 28.7. The number of aromatic nitrogens is 2. The molecule has 8 nitrogen and oxygen atoms in total. The van der Waals surface area contributed by atoms with E-state index in [9.17, 15) is 14.7 Å². The Balaban J connectivity index is 1.50. The Morgan fingerprint density at radius 2 is 2.03 bits per heavy atom. The molecule has 2 unspecified atom stereocenters. The van der Waals surface area contributed by atoms with Gasteiger partial charge < -0.3 is 15.7 Å². The molecule has 1 saturated heterocycles. The van der Waals surface area contributed by atoms with Gasteiger partial charge >= 0.3 is 6.03 Å². The lowest BCUT2D eigenvalue weighted by Crippen LogP contribution is -2.54. The molecular weight excluding hydrogens is 394 g/mol. The van der Waals surface area contributed by atoms with Gasteiger partial charge in [-0.2, -0.15) is 5.10 Å². The van der Waals surface area contributed by atoms with E-state index in [0.717, 1.165) is 25.9 Å². The first-order valence-electron chi connectivity index (χ1n) is 11.0. The number of rotatable bonds is 5. The van der Waals surface area contributed by atoms with Gasteiger partial charge in [-0.15, -0.1) is 0 Å².